The molecule has 90 valence electrons. The van der Waals surface area contributed by atoms with E-state index in [2.05, 4.69) is 22.3 Å². The largest absolute Gasteiger partial charge is 0.475 e. The second-order valence-corrected chi connectivity index (χ2v) is 3.29. The normalized spacial score (nSPS) is 10.2. The predicted octanol–water partition coefficient (Wildman–Crippen LogP) is 0.876. The summed E-state index contributed by atoms with van der Waals surface area (Å²) in [5.74, 6) is 6.08. The molecule has 0 atom stereocenters. The van der Waals surface area contributed by atoms with Crippen molar-refractivity contribution in [2.45, 2.75) is 20.3 Å². The average Bonchev–Trinajstić information content (AvgIpc) is 2.31. The second-order valence-electron chi connectivity index (χ2n) is 3.29. The molecule has 3 N–H and O–H groups in total. The standard InChI is InChI=1S/C10H18N4O2/c1-3-4-15-5-6-16-9-8(2)7-12-10(13-9)14-11/h7H,3-6,11H2,1-2H3,(H,12,13,14). The van der Waals surface area contributed by atoms with Crippen molar-refractivity contribution >= 4 is 5.95 Å². The van der Waals surface area contributed by atoms with Crippen LogP contribution in [0.25, 0.3) is 0 Å². The van der Waals surface area contributed by atoms with Crippen molar-refractivity contribution < 1.29 is 9.47 Å². The number of nitrogens with zero attached hydrogens (tertiary/aromatic N) is 2. The fourth-order valence-electron chi connectivity index (χ4n) is 1.09. The van der Waals surface area contributed by atoms with Crippen LogP contribution < -0.4 is 16.0 Å². The fourth-order valence-corrected chi connectivity index (χ4v) is 1.09. The van der Waals surface area contributed by atoms with Crippen molar-refractivity contribution in [3.63, 3.8) is 0 Å². The molecule has 6 nitrogen and oxygen atoms in total. The molecule has 1 aromatic heterocycles. The quantitative estimate of drug-likeness (QED) is 0.408. The summed E-state index contributed by atoms with van der Waals surface area (Å²) in [6.07, 6.45) is 2.66. The van der Waals surface area contributed by atoms with Crippen LogP contribution in [0.1, 0.15) is 18.9 Å². The lowest BCUT2D eigenvalue weighted by Gasteiger charge is -2.08. The van der Waals surface area contributed by atoms with Gasteiger partial charge in [0, 0.05) is 18.4 Å². The number of anilines is 1. The first kappa shape index (κ1) is 12.7. The van der Waals surface area contributed by atoms with Crippen LogP contribution >= 0.6 is 0 Å². The number of hydrazine groups is 1. The van der Waals surface area contributed by atoms with Crippen LogP contribution in [0.15, 0.2) is 6.20 Å². The predicted molar refractivity (Wildman–Crippen MR) is 61.2 cm³/mol. The van der Waals surface area contributed by atoms with Gasteiger partial charge in [0.05, 0.1) is 6.61 Å². The van der Waals surface area contributed by atoms with Gasteiger partial charge in [-0.1, -0.05) is 6.92 Å². The third-order valence-electron chi connectivity index (χ3n) is 1.87. The van der Waals surface area contributed by atoms with E-state index >= 15 is 0 Å². The summed E-state index contributed by atoms with van der Waals surface area (Å²) < 4.78 is 10.7. The van der Waals surface area contributed by atoms with Crippen LogP contribution in [0.5, 0.6) is 5.88 Å². The Kier molecular flexibility index (Phi) is 5.52. The van der Waals surface area contributed by atoms with Crippen LogP contribution in [-0.2, 0) is 4.74 Å². The van der Waals surface area contributed by atoms with E-state index in [0.717, 1.165) is 18.6 Å². The molecule has 0 radical (unpaired) electrons. The Morgan fingerprint density at radius 2 is 2.19 bits per heavy atom. The number of ether oxygens (including phenoxy) is 2. The minimum atomic E-state index is 0.343. The van der Waals surface area contributed by atoms with Gasteiger partial charge >= 0.3 is 0 Å². The van der Waals surface area contributed by atoms with Crippen LogP contribution in [0.2, 0.25) is 0 Å². The Balaban J connectivity index is 2.40. The molecule has 6 heteroatoms. The van der Waals surface area contributed by atoms with Gasteiger partial charge in [0.15, 0.2) is 0 Å². The molecule has 0 aliphatic carbocycles. The van der Waals surface area contributed by atoms with Crippen LogP contribution in [-0.4, -0.2) is 29.8 Å². The highest BCUT2D eigenvalue weighted by Gasteiger charge is 2.03. The molecule has 0 spiro atoms. The molecule has 0 amide bonds. The number of hydrogen-bond acceptors (Lipinski definition) is 6. The summed E-state index contributed by atoms with van der Waals surface area (Å²) in [6.45, 7) is 5.73. The molecule has 0 aliphatic heterocycles. The van der Waals surface area contributed by atoms with Gasteiger partial charge in [0.25, 0.3) is 0 Å². The molecule has 16 heavy (non-hydrogen) atoms. The molecule has 0 unspecified atom stereocenters. The second kappa shape index (κ2) is 6.97. The molecule has 0 fully saturated rings. The molecule has 0 bridgehead atoms. The van der Waals surface area contributed by atoms with Gasteiger partial charge in [-0.15, -0.1) is 0 Å². The monoisotopic (exact) mass is 226 g/mol. The first-order valence-corrected chi connectivity index (χ1v) is 5.28. The van der Waals surface area contributed by atoms with E-state index in [-0.39, 0.29) is 0 Å². The molecular formula is C10H18N4O2. The Morgan fingerprint density at radius 1 is 1.38 bits per heavy atom. The number of aryl methyl sites for hydroxylation is 1. The molecule has 0 aliphatic rings. The summed E-state index contributed by atoms with van der Waals surface area (Å²) in [7, 11) is 0. The third-order valence-corrected chi connectivity index (χ3v) is 1.87. The number of nitrogen functional groups attached to an aromatic ring is 1. The van der Waals surface area contributed by atoms with Gasteiger partial charge in [-0.2, -0.15) is 4.98 Å². The molecule has 0 saturated carbocycles. The van der Waals surface area contributed by atoms with Crippen molar-refractivity contribution in [3.8, 4) is 5.88 Å². The van der Waals surface area contributed by atoms with E-state index in [1.807, 2.05) is 6.92 Å². The van der Waals surface area contributed by atoms with E-state index in [1.54, 1.807) is 6.20 Å². The zero-order valence-corrected chi connectivity index (χ0v) is 9.69. The van der Waals surface area contributed by atoms with Gasteiger partial charge in [0.1, 0.15) is 6.61 Å². The van der Waals surface area contributed by atoms with E-state index < -0.39 is 0 Å². The number of hydrogen-bond donors (Lipinski definition) is 2. The van der Waals surface area contributed by atoms with Crippen LogP contribution in [0, 0.1) is 6.92 Å². The first-order chi connectivity index (χ1) is 7.77. The molecule has 1 rings (SSSR count). The summed E-state index contributed by atoms with van der Waals surface area (Å²) in [4.78, 5) is 8.04. The van der Waals surface area contributed by atoms with E-state index in [0.29, 0.717) is 25.0 Å². The van der Waals surface area contributed by atoms with E-state index in [4.69, 9.17) is 15.3 Å². The topological polar surface area (TPSA) is 82.3 Å². The Hall–Kier alpha value is -1.40. The smallest absolute Gasteiger partial charge is 0.240 e. The maximum Gasteiger partial charge on any atom is 0.240 e. The molecule has 0 aromatic carbocycles. The highest BCUT2D eigenvalue weighted by atomic mass is 16.5. The van der Waals surface area contributed by atoms with E-state index in [9.17, 15) is 0 Å². The minimum Gasteiger partial charge on any atom is -0.475 e. The summed E-state index contributed by atoms with van der Waals surface area (Å²) in [6, 6.07) is 0. The molecule has 1 aromatic rings. The van der Waals surface area contributed by atoms with Crippen LogP contribution in [0.3, 0.4) is 0 Å². The van der Waals surface area contributed by atoms with Gasteiger partial charge in [-0.25, -0.2) is 10.8 Å². The SMILES string of the molecule is CCCOCCOc1nc(NN)ncc1C. The molecule has 0 saturated heterocycles. The van der Waals surface area contributed by atoms with E-state index in [1.165, 1.54) is 0 Å². The van der Waals surface area contributed by atoms with Crippen molar-refractivity contribution in [2.24, 2.45) is 5.84 Å². The van der Waals surface area contributed by atoms with Crippen LogP contribution in [0.4, 0.5) is 5.95 Å². The number of rotatable bonds is 7. The Bertz CT molecular complexity index is 320. The lowest BCUT2D eigenvalue weighted by atomic mass is 10.4. The number of nitrogens with one attached hydrogen (secondary N) is 1. The molecule has 1 heterocycles. The highest BCUT2D eigenvalue weighted by molar-refractivity contribution is 5.31. The Labute approximate surface area is 95.1 Å². The summed E-state index contributed by atoms with van der Waals surface area (Å²) in [5.41, 5.74) is 3.24. The van der Waals surface area contributed by atoms with Gasteiger partial charge < -0.3 is 9.47 Å². The summed E-state index contributed by atoms with van der Waals surface area (Å²) >= 11 is 0. The Morgan fingerprint density at radius 3 is 2.88 bits per heavy atom. The minimum absolute atomic E-state index is 0.343. The zero-order valence-electron chi connectivity index (χ0n) is 9.69. The van der Waals surface area contributed by atoms with Crippen molar-refractivity contribution in [1.82, 2.24) is 9.97 Å². The van der Waals surface area contributed by atoms with Gasteiger partial charge in [-0.05, 0) is 13.3 Å². The van der Waals surface area contributed by atoms with Crippen molar-refractivity contribution in [3.05, 3.63) is 11.8 Å². The first-order valence-electron chi connectivity index (χ1n) is 5.28. The maximum absolute atomic E-state index is 5.45. The average molecular weight is 226 g/mol. The fraction of sp³-hybridized carbons (Fsp3) is 0.600. The maximum atomic E-state index is 5.45. The van der Waals surface area contributed by atoms with Crippen molar-refractivity contribution in [2.75, 3.05) is 25.2 Å². The van der Waals surface area contributed by atoms with Gasteiger partial charge in [-0.3, -0.25) is 5.43 Å². The lowest BCUT2D eigenvalue weighted by molar-refractivity contribution is 0.0987. The lowest BCUT2D eigenvalue weighted by Crippen LogP contribution is -2.13. The number of aromatic nitrogens is 2. The van der Waals surface area contributed by atoms with Gasteiger partial charge in [0.2, 0.25) is 11.8 Å². The third kappa shape index (κ3) is 4.00. The summed E-state index contributed by atoms with van der Waals surface area (Å²) in [5, 5.41) is 0. The highest BCUT2D eigenvalue weighted by Crippen LogP contribution is 2.14. The van der Waals surface area contributed by atoms with Crippen molar-refractivity contribution in [1.29, 1.82) is 0 Å². The number of nitrogens with two attached hydrogens (primary N) is 1. The zero-order chi connectivity index (χ0) is 11.8. The molecular weight excluding hydrogens is 208 g/mol.